The van der Waals surface area contributed by atoms with Crippen molar-refractivity contribution in [1.82, 2.24) is 0 Å². The van der Waals surface area contributed by atoms with Gasteiger partial charge < -0.3 is 5.11 Å². The van der Waals surface area contributed by atoms with Crippen LogP contribution < -0.4 is 0 Å². The predicted octanol–water partition coefficient (Wildman–Crippen LogP) is 7.67. The fraction of sp³-hybridized carbons (Fsp3) is 0. The highest BCUT2D eigenvalue weighted by atomic mass is 16.3. The number of phenols is 1. The van der Waals surface area contributed by atoms with Crippen molar-refractivity contribution < 1.29 is 5.11 Å². The molecule has 29 heavy (non-hydrogen) atoms. The lowest BCUT2D eigenvalue weighted by molar-refractivity contribution is 0.478. The Morgan fingerprint density at radius 1 is 0.414 bits per heavy atom. The number of hydrogen-bond acceptors (Lipinski definition) is 1. The molecule has 0 aliphatic carbocycles. The van der Waals surface area contributed by atoms with Crippen LogP contribution in [0.4, 0.5) is 0 Å². The Kier molecular flexibility index (Phi) is 3.39. The van der Waals surface area contributed by atoms with Gasteiger partial charge in [0.05, 0.1) is 0 Å². The fourth-order valence-corrected chi connectivity index (χ4v) is 4.47. The van der Waals surface area contributed by atoms with Crippen LogP contribution in [0.15, 0.2) is 103 Å². The topological polar surface area (TPSA) is 20.2 Å². The van der Waals surface area contributed by atoms with Gasteiger partial charge in [0.1, 0.15) is 5.75 Å². The molecule has 0 amide bonds. The zero-order valence-electron chi connectivity index (χ0n) is 15.8. The molecule has 0 radical (unpaired) electrons. The first kappa shape index (κ1) is 16.1. The lowest BCUT2D eigenvalue weighted by atomic mass is 9.91. The largest absolute Gasteiger partial charge is 0.507 e. The summed E-state index contributed by atoms with van der Waals surface area (Å²) in [6, 6.07) is 35.8. The van der Waals surface area contributed by atoms with E-state index in [-0.39, 0.29) is 0 Å². The van der Waals surface area contributed by atoms with Gasteiger partial charge in [0.2, 0.25) is 0 Å². The molecule has 0 aliphatic heterocycles. The minimum atomic E-state index is 0.313. The number of benzene rings is 6. The second kappa shape index (κ2) is 6.08. The minimum absolute atomic E-state index is 0.313. The molecule has 0 unspecified atom stereocenters. The summed E-state index contributed by atoms with van der Waals surface area (Å²) in [5.41, 5.74) is 1.96. The van der Waals surface area contributed by atoms with Crippen LogP contribution in [0.3, 0.4) is 0 Å². The second-order valence-corrected chi connectivity index (χ2v) is 7.61. The Bertz CT molecular complexity index is 1560. The maximum Gasteiger partial charge on any atom is 0.124 e. The van der Waals surface area contributed by atoms with Crippen molar-refractivity contribution in [3.63, 3.8) is 0 Å². The monoisotopic (exact) mass is 370 g/mol. The Hall–Kier alpha value is -3.84. The molecule has 1 heteroatoms. The summed E-state index contributed by atoms with van der Waals surface area (Å²) >= 11 is 0. The lowest BCUT2D eigenvalue weighted by Crippen LogP contribution is -1.87. The summed E-state index contributed by atoms with van der Waals surface area (Å²) in [5.74, 6) is 0.313. The Labute approximate surface area is 168 Å². The van der Waals surface area contributed by atoms with Gasteiger partial charge in [0, 0.05) is 5.56 Å². The van der Waals surface area contributed by atoms with Crippen molar-refractivity contribution in [3.8, 4) is 16.9 Å². The molecule has 0 spiro atoms. The molecule has 6 aromatic carbocycles. The van der Waals surface area contributed by atoms with E-state index >= 15 is 0 Å². The predicted molar refractivity (Wildman–Crippen MR) is 124 cm³/mol. The third-order valence-electron chi connectivity index (χ3n) is 5.88. The third kappa shape index (κ3) is 2.48. The van der Waals surface area contributed by atoms with Gasteiger partial charge in [0.15, 0.2) is 0 Å². The average molecular weight is 370 g/mol. The minimum Gasteiger partial charge on any atom is -0.507 e. The van der Waals surface area contributed by atoms with Crippen LogP contribution in [0.25, 0.3) is 54.2 Å². The Morgan fingerprint density at radius 3 is 1.59 bits per heavy atom. The maximum absolute atomic E-state index is 10.9. The molecule has 6 rings (SSSR count). The van der Waals surface area contributed by atoms with E-state index in [9.17, 15) is 5.11 Å². The Morgan fingerprint density at radius 2 is 0.931 bits per heavy atom. The molecule has 0 fully saturated rings. The first-order valence-corrected chi connectivity index (χ1v) is 9.84. The number of hydrogen-bond donors (Lipinski definition) is 1. The number of aromatic hydroxyl groups is 1. The highest BCUT2D eigenvalue weighted by Gasteiger charge is 2.14. The normalized spacial score (nSPS) is 11.6. The molecule has 136 valence electrons. The molecule has 0 bridgehead atoms. The average Bonchev–Trinajstić information content (AvgIpc) is 2.76. The lowest BCUT2D eigenvalue weighted by Gasteiger charge is -2.14. The second-order valence-electron chi connectivity index (χ2n) is 7.61. The van der Waals surface area contributed by atoms with Gasteiger partial charge in [-0.2, -0.15) is 0 Å². The molecule has 0 saturated carbocycles. The van der Waals surface area contributed by atoms with Gasteiger partial charge in [-0.25, -0.2) is 0 Å². The van der Waals surface area contributed by atoms with Crippen molar-refractivity contribution in [1.29, 1.82) is 0 Å². The molecule has 0 atom stereocenters. The van der Waals surface area contributed by atoms with E-state index in [1.54, 1.807) is 0 Å². The van der Waals surface area contributed by atoms with Gasteiger partial charge in [0.25, 0.3) is 0 Å². The summed E-state index contributed by atoms with van der Waals surface area (Å²) < 4.78 is 0. The van der Waals surface area contributed by atoms with E-state index in [1.807, 2.05) is 12.1 Å². The van der Waals surface area contributed by atoms with E-state index in [1.165, 1.54) is 26.9 Å². The molecule has 0 aliphatic rings. The molecule has 0 aromatic heterocycles. The molecule has 0 saturated heterocycles. The van der Waals surface area contributed by atoms with Crippen LogP contribution in [-0.2, 0) is 0 Å². The van der Waals surface area contributed by atoms with E-state index in [2.05, 4.69) is 91.0 Å². The molecule has 1 N–H and O–H groups in total. The molecular weight excluding hydrogens is 352 g/mol. The van der Waals surface area contributed by atoms with Crippen LogP contribution in [0, 0.1) is 0 Å². The summed E-state index contributed by atoms with van der Waals surface area (Å²) in [5, 5.41) is 20.3. The van der Waals surface area contributed by atoms with Crippen molar-refractivity contribution in [2.75, 3.05) is 0 Å². The van der Waals surface area contributed by atoms with E-state index in [0.29, 0.717) is 5.75 Å². The maximum atomic E-state index is 10.9. The highest BCUT2D eigenvalue weighted by Crippen LogP contribution is 2.41. The van der Waals surface area contributed by atoms with Gasteiger partial charge >= 0.3 is 0 Å². The van der Waals surface area contributed by atoms with E-state index in [4.69, 9.17) is 0 Å². The van der Waals surface area contributed by atoms with Crippen LogP contribution >= 0.6 is 0 Å². The van der Waals surface area contributed by atoms with Gasteiger partial charge in [-0.3, -0.25) is 0 Å². The van der Waals surface area contributed by atoms with Crippen LogP contribution in [0.2, 0.25) is 0 Å². The van der Waals surface area contributed by atoms with Crippen molar-refractivity contribution in [3.05, 3.63) is 103 Å². The number of phenolic OH excluding ortho intramolecular Hbond substituents is 1. The molecule has 1 nitrogen and oxygen atoms in total. The van der Waals surface area contributed by atoms with Gasteiger partial charge in [-0.15, -0.1) is 0 Å². The van der Waals surface area contributed by atoms with Crippen LogP contribution in [0.5, 0.6) is 5.75 Å². The van der Waals surface area contributed by atoms with Crippen molar-refractivity contribution >= 4 is 43.1 Å². The smallest absolute Gasteiger partial charge is 0.124 e. The number of fused-ring (bicyclic) bond motifs is 4. The third-order valence-corrected chi connectivity index (χ3v) is 5.88. The highest BCUT2D eigenvalue weighted by molar-refractivity contribution is 6.13. The summed E-state index contributed by atoms with van der Waals surface area (Å²) in [6.45, 7) is 0. The number of rotatable bonds is 1. The zero-order valence-corrected chi connectivity index (χ0v) is 15.8. The van der Waals surface area contributed by atoms with Gasteiger partial charge in [-0.1, -0.05) is 72.8 Å². The molecular formula is C28H18O. The standard InChI is InChI=1S/C28H18O/c29-27-13-12-23-15-19-7-2-4-9-21(19)17-26(23)28(27)24-11-5-10-22-14-18-6-1-3-8-20(18)16-25(22)24/h1-17,29H. The van der Waals surface area contributed by atoms with E-state index in [0.717, 1.165) is 27.3 Å². The van der Waals surface area contributed by atoms with Crippen molar-refractivity contribution in [2.24, 2.45) is 0 Å². The summed E-state index contributed by atoms with van der Waals surface area (Å²) in [4.78, 5) is 0. The Balaban J connectivity index is 1.75. The SMILES string of the molecule is Oc1ccc2cc3ccccc3cc2c1-c1cccc2cc3ccccc3cc12. The van der Waals surface area contributed by atoms with E-state index < -0.39 is 0 Å². The van der Waals surface area contributed by atoms with Crippen LogP contribution in [-0.4, -0.2) is 5.11 Å². The first-order chi connectivity index (χ1) is 14.3. The summed E-state index contributed by atoms with van der Waals surface area (Å²) in [6.07, 6.45) is 0. The van der Waals surface area contributed by atoms with Crippen molar-refractivity contribution in [2.45, 2.75) is 0 Å². The van der Waals surface area contributed by atoms with Crippen LogP contribution in [0.1, 0.15) is 0 Å². The fourth-order valence-electron chi connectivity index (χ4n) is 4.47. The molecule has 6 aromatic rings. The molecule has 0 heterocycles. The summed E-state index contributed by atoms with van der Waals surface area (Å²) in [7, 11) is 0. The van der Waals surface area contributed by atoms with Gasteiger partial charge in [-0.05, 0) is 79.0 Å². The first-order valence-electron chi connectivity index (χ1n) is 9.84. The zero-order chi connectivity index (χ0) is 19.4. The quantitative estimate of drug-likeness (QED) is 0.294.